The van der Waals surface area contributed by atoms with Crippen LogP contribution >= 0.6 is 0 Å². The zero-order chi connectivity index (χ0) is 25.3. The molecule has 2 aliphatic heterocycles. The van der Waals surface area contributed by atoms with Crippen molar-refractivity contribution in [1.29, 1.82) is 0 Å². The van der Waals surface area contributed by atoms with E-state index in [1.165, 1.54) is 25.1 Å². The monoisotopic (exact) mass is 497 g/mol. The molecule has 11 heteroatoms. The number of hydrogen-bond acceptors (Lipinski definition) is 5. The van der Waals surface area contributed by atoms with Gasteiger partial charge in [0.05, 0.1) is 12.6 Å². The summed E-state index contributed by atoms with van der Waals surface area (Å²) in [4.78, 5) is 15.9. The number of halogens is 5. The highest BCUT2D eigenvalue weighted by Crippen LogP contribution is 2.59. The van der Waals surface area contributed by atoms with Crippen LogP contribution in [0.15, 0.2) is 35.1 Å². The average molecular weight is 497 g/mol. The molecule has 3 heterocycles. The molecule has 1 saturated heterocycles. The van der Waals surface area contributed by atoms with Crippen LogP contribution in [0.3, 0.4) is 0 Å². The first kappa shape index (κ1) is 23.4. The minimum absolute atomic E-state index is 0.0106. The molecule has 186 valence electrons. The van der Waals surface area contributed by atoms with Gasteiger partial charge in [0.1, 0.15) is 6.10 Å². The molecule has 0 radical (unpaired) electrons. The molecule has 0 aliphatic carbocycles. The molecule has 3 aromatic rings. The summed E-state index contributed by atoms with van der Waals surface area (Å²) >= 11 is 0. The highest BCUT2D eigenvalue weighted by Gasteiger charge is 2.65. The first-order valence-corrected chi connectivity index (χ1v) is 10.7. The van der Waals surface area contributed by atoms with Gasteiger partial charge in [-0.2, -0.15) is 17.6 Å². The minimum Gasteiger partial charge on any atom is -0.493 e. The Morgan fingerprint density at radius 3 is 2.46 bits per heavy atom. The summed E-state index contributed by atoms with van der Waals surface area (Å²) in [6.45, 7) is 2.18. The van der Waals surface area contributed by atoms with E-state index in [0.717, 1.165) is 26.2 Å². The van der Waals surface area contributed by atoms with Crippen LogP contribution in [-0.2, 0) is 4.74 Å². The third-order valence-corrected chi connectivity index (χ3v) is 6.96. The fourth-order valence-electron chi connectivity index (χ4n) is 4.89. The Balaban J connectivity index is 1.72. The summed E-state index contributed by atoms with van der Waals surface area (Å²) in [7, 11) is 1.10. The first-order valence-electron chi connectivity index (χ1n) is 10.7. The van der Waals surface area contributed by atoms with E-state index in [9.17, 15) is 26.7 Å². The average Bonchev–Trinajstić information content (AvgIpc) is 3.36. The molecule has 6 nitrogen and oxygen atoms in total. The van der Waals surface area contributed by atoms with Crippen LogP contribution in [0.2, 0.25) is 0 Å². The second-order valence-corrected chi connectivity index (χ2v) is 8.78. The largest absolute Gasteiger partial charge is 0.493 e. The van der Waals surface area contributed by atoms with E-state index in [1.54, 1.807) is 0 Å². The fraction of sp³-hybridized carbons (Fsp3) is 0.375. The van der Waals surface area contributed by atoms with E-state index < -0.39 is 52.5 Å². The topological polar surface area (TPSA) is 69.8 Å². The van der Waals surface area contributed by atoms with E-state index in [4.69, 9.17) is 18.9 Å². The second kappa shape index (κ2) is 7.84. The Morgan fingerprint density at radius 2 is 1.80 bits per heavy atom. The number of pyridine rings is 1. The lowest BCUT2D eigenvalue weighted by molar-refractivity contribution is -0.275. The second-order valence-electron chi connectivity index (χ2n) is 8.78. The van der Waals surface area contributed by atoms with Crippen LogP contribution in [-0.4, -0.2) is 30.7 Å². The first-order chi connectivity index (χ1) is 16.5. The van der Waals surface area contributed by atoms with Crippen molar-refractivity contribution in [2.75, 3.05) is 13.9 Å². The lowest BCUT2D eigenvalue weighted by atomic mass is 9.76. The Hall–Kier alpha value is -3.34. The van der Waals surface area contributed by atoms with Crippen LogP contribution in [0.5, 0.6) is 17.2 Å². The fourth-order valence-corrected chi connectivity index (χ4v) is 4.89. The highest BCUT2D eigenvalue weighted by molar-refractivity contribution is 5.83. The molecule has 35 heavy (non-hydrogen) atoms. The van der Waals surface area contributed by atoms with Crippen LogP contribution in [0.25, 0.3) is 10.9 Å². The third-order valence-electron chi connectivity index (χ3n) is 6.96. The zero-order valence-electron chi connectivity index (χ0n) is 18.8. The smallest absolute Gasteiger partial charge is 0.417 e. The number of benzene rings is 2. The lowest BCUT2D eigenvalue weighted by Gasteiger charge is -2.32. The minimum atomic E-state index is -4.80. The van der Waals surface area contributed by atoms with E-state index >= 15 is 0 Å². The molecular formula is C24H20F5NO5. The number of aromatic nitrogens is 1. The Labute approximate surface area is 195 Å². The van der Waals surface area contributed by atoms with E-state index in [0.29, 0.717) is 17.0 Å². The van der Waals surface area contributed by atoms with E-state index in [1.807, 2.05) is 0 Å². The van der Waals surface area contributed by atoms with Gasteiger partial charge in [0.15, 0.2) is 34.1 Å². The van der Waals surface area contributed by atoms with Gasteiger partial charge in [-0.15, -0.1) is 0 Å². The number of H-pyrrole nitrogens is 1. The molecule has 0 spiro atoms. The Morgan fingerprint density at radius 1 is 1.11 bits per heavy atom. The maximum atomic E-state index is 14.6. The van der Waals surface area contributed by atoms with Crippen molar-refractivity contribution in [3.8, 4) is 17.2 Å². The summed E-state index contributed by atoms with van der Waals surface area (Å²) in [5, 5.41) is 0.240. The maximum Gasteiger partial charge on any atom is 0.417 e. The van der Waals surface area contributed by atoms with Gasteiger partial charge in [-0.05, 0) is 19.1 Å². The number of methoxy groups -OCH3 is 1. The maximum absolute atomic E-state index is 14.6. The van der Waals surface area contributed by atoms with Crippen molar-refractivity contribution in [2.45, 2.75) is 37.6 Å². The number of nitrogens with one attached hydrogen (secondary N) is 1. The molecule has 0 bridgehead atoms. The summed E-state index contributed by atoms with van der Waals surface area (Å²) in [6.07, 6.45) is -6.16. The molecule has 1 fully saturated rings. The van der Waals surface area contributed by atoms with Gasteiger partial charge in [0.25, 0.3) is 0 Å². The van der Waals surface area contributed by atoms with Crippen molar-refractivity contribution in [3.63, 3.8) is 0 Å². The third kappa shape index (κ3) is 3.43. The van der Waals surface area contributed by atoms with Crippen LogP contribution in [0.4, 0.5) is 22.0 Å². The standard InChI is InChI=1S/C24H20F5NO5/c1-10-19(11-4-5-13(25)20(26)21(11)32-3)22(35-23(10,2)24(27,28)29)15-7-16(31)12-6-17-18(34-9-33-17)8-14(12)30-15/h4-8,10,19,22H,9H2,1-3H3,(H,30,31)/t10-,19-,22-,23+/m0/s1. The normalized spacial score (nSPS) is 25.9. The predicted molar refractivity (Wildman–Crippen MR) is 114 cm³/mol. The molecule has 1 aromatic heterocycles. The zero-order valence-corrected chi connectivity index (χ0v) is 18.8. The number of aromatic amines is 1. The van der Waals surface area contributed by atoms with Crippen molar-refractivity contribution in [2.24, 2.45) is 5.92 Å². The Kier molecular flexibility index (Phi) is 5.24. The van der Waals surface area contributed by atoms with Gasteiger partial charge in [-0.3, -0.25) is 4.79 Å². The lowest BCUT2D eigenvalue weighted by Crippen LogP contribution is -2.46. The number of rotatable bonds is 3. The summed E-state index contributed by atoms with van der Waals surface area (Å²) in [5.41, 5.74) is -2.81. The van der Waals surface area contributed by atoms with Crippen molar-refractivity contribution in [1.82, 2.24) is 4.98 Å². The SMILES string of the molecule is COc1c([C@H]2[C@H](c3cc(=O)c4cc5c(cc4[nH]3)OCO5)O[C@@](C)(C(F)(F)F)[C@H]2C)ccc(F)c1F. The molecule has 2 aromatic carbocycles. The molecule has 0 amide bonds. The molecule has 4 atom stereocenters. The molecular weight excluding hydrogens is 477 g/mol. The van der Waals surface area contributed by atoms with Crippen LogP contribution in [0, 0.1) is 17.6 Å². The van der Waals surface area contributed by atoms with Gasteiger partial charge in [0.2, 0.25) is 12.6 Å². The highest BCUT2D eigenvalue weighted by atomic mass is 19.4. The molecule has 1 N–H and O–H groups in total. The number of fused-ring (bicyclic) bond motifs is 2. The van der Waals surface area contributed by atoms with Crippen molar-refractivity contribution >= 4 is 10.9 Å². The van der Waals surface area contributed by atoms with Crippen LogP contribution in [0.1, 0.15) is 37.1 Å². The van der Waals surface area contributed by atoms with Crippen LogP contribution < -0.4 is 19.6 Å². The molecule has 0 saturated carbocycles. The molecule has 2 aliphatic rings. The molecule has 0 unspecified atom stereocenters. The quantitative estimate of drug-likeness (QED) is 0.494. The number of ether oxygens (including phenoxy) is 4. The summed E-state index contributed by atoms with van der Waals surface area (Å²) in [6, 6.07) is 6.13. The van der Waals surface area contributed by atoms with Gasteiger partial charge < -0.3 is 23.9 Å². The van der Waals surface area contributed by atoms with Gasteiger partial charge >= 0.3 is 6.18 Å². The van der Waals surface area contributed by atoms with Crippen molar-refractivity contribution < 1.29 is 40.9 Å². The van der Waals surface area contributed by atoms with Gasteiger partial charge in [-0.1, -0.05) is 13.0 Å². The number of alkyl halides is 3. The van der Waals surface area contributed by atoms with E-state index in [-0.39, 0.29) is 23.4 Å². The van der Waals surface area contributed by atoms with E-state index in [2.05, 4.69) is 4.98 Å². The number of hydrogen-bond donors (Lipinski definition) is 1. The molecule has 5 rings (SSSR count). The van der Waals surface area contributed by atoms with Crippen molar-refractivity contribution in [3.05, 3.63) is 63.4 Å². The summed E-state index contributed by atoms with van der Waals surface area (Å²) < 4.78 is 92.3. The predicted octanol–water partition coefficient (Wildman–Crippen LogP) is 5.36. The summed E-state index contributed by atoms with van der Waals surface area (Å²) in [5.74, 6) is -4.72. The van der Waals surface area contributed by atoms with Gasteiger partial charge in [-0.25, -0.2) is 4.39 Å². The Bertz CT molecular complexity index is 1390. The van der Waals surface area contributed by atoms with Gasteiger partial charge in [0, 0.05) is 40.6 Å².